The normalized spacial score (nSPS) is 11.1. The molecule has 0 fully saturated rings. The van der Waals surface area contributed by atoms with E-state index in [0.29, 0.717) is 47.0 Å². The number of aldehydes is 2. The maximum atomic E-state index is 12.5. The average Bonchev–Trinajstić information content (AvgIpc) is 2.88. The van der Waals surface area contributed by atoms with Crippen molar-refractivity contribution in [1.29, 1.82) is 0 Å². The summed E-state index contributed by atoms with van der Waals surface area (Å²) in [6.45, 7) is 6.58. The zero-order valence-electron chi connectivity index (χ0n) is 20.4. The van der Waals surface area contributed by atoms with Gasteiger partial charge < -0.3 is 18.9 Å². The standard InChI is InChI=1S/C29H27IO6/c1-4-33-16-35-28-21(12-19-9-6-8-18(3)26(19)23(28)14-31)22-13-20-10-7-11-25(30)27(20)24(15-32)29(22)36-17-34-5-2/h6-15H,4-5,16-17H2,1-3H3. The summed E-state index contributed by atoms with van der Waals surface area (Å²) in [6.07, 6.45) is 1.62. The second-order valence-electron chi connectivity index (χ2n) is 8.09. The Labute approximate surface area is 223 Å². The smallest absolute Gasteiger partial charge is 0.189 e. The lowest BCUT2D eigenvalue weighted by atomic mass is 9.90. The van der Waals surface area contributed by atoms with Crippen LogP contribution in [0.25, 0.3) is 32.7 Å². The Morgan fingerprint density at radius 3 is 1.78 bits per heavy atom. The number of carbonyl (C=O) groups is 2. The third-order valence-corrected chi connectivity index (χ3v) is 6.87. The van der Waals surface area contributed by atoms with Gasteiger partial charge in [0, 0.05) is 33.3 Å². The Bertz CT molecular complexity index is 1320. The first-order valence-corrected chi connectivity index (χ1v) is 12.8. The van der Waals surface area contributed by atoms with Crippen LogP contribution in [-0.4, -0.2) is 39.4 Å². The van der Waals surface area contributed by atoms with Crippen molar-refractivity contribution < 1.29 is 28.5 Å². The number of fused-ring (bicyclic) bond motifs is 2. The van der Waals surface area contributed by atoms with E-state index in [2.05, 4.69) is 22.6 Å². The van der Waals surface area contributed by atoms with Crippen LogP contribution in [0.1, 0.15) is 40.1 Å². The highest BCUT2D eigenvalue weighted by Crippen LogP contribution is 2.46. The van der Waals surface area contributed by atoms with Gasteiger partial charge in [0.25, 0.3) is 0 Å². The number of hydrogen-bond acceptors (Lipinski definition) is 6. The van der Waals surface area contributed by atoms with Crippen LogP contribution in [-0.2, 0) is 9.47 Å². The number of aryl methyl sites for hydroxylation is 1. The molecule has 6 nitrogen and oxygen atoms in total. The molecule has 0 bridgehead atoms. The molecule has 0 aromatic heterocycles. The van der Waals surface area contributed by atoms with Crippen LogP contribution in [0.2, 0.25) is 0 Å². The van der Waals surface area contributed by atoms with Crippen molar-refractivity contribution in [3.63, 3.8) is 0 Å². The molecular weight excluding hydrogens is 571 g/mol. The van der Waals surface area contributed by atoms with Gasteiger partial charge in [-0.05, 0) is 83.3 Å². The van der Waals surface area contributed by atoms with Gasteiger partial charge in [-0.3, -0.25) is 9.59 Å². The summed E-state index contributed by atoms with van der Waals surface area (Å²) in [7, 11) is 0. The monoisotopic (exact) mass is 598 g/mol. The molecule has 4 aromatic carbocycles. The third-order valence-electron chi connectivity index (χ3n) is 5.98. The SMILES string of the molecule is CCOCOc1c(-c2cc3cccc(I)c3c(C=O)c2OCOCC)cc2cccc(C)c2c1C=O. The van der Waals surface area contributed by atoms with Gasteiger partial charge in [0.1, 0.15) is 11.5 Å². The van der Waals surface area contributed by atoms with Crippen molar-refractivity contribution in [3.05, 3.63) is 68.8 Å². The molecule has 0 unspecified atom stereocenters. The predicted molar refractivity (Wildman–Crippen MR) is 149 cm³/mol. The molecule has 0 aliphatic rings. The third kappa shape index (κ3) is 4.96. The molecule has 36 heavy (non-hydrogen) atoms. The lowest BCUT2D eigenvalue weighted by Gasteiger charge is -2.21. The summed E-state index contributed by atoms with van der Waals surface area (Å²) in [5.74, 6) is 0.753. The second-order valence-corrected chi connectivity index (χ2v) is 9.25. The van der Waals surface area contributed by atoms with Gasteiger partial charge in [-0.25, -0.2) is 0 Å². The van der Waals surface area contributed by atoms with Gasteiger partial charge in [0.2, 0.25) is 0 Å². The van der Waals surface area contributed by atoms with Crippen molar-refractivity contribution in [2.24, 2.45) is 0 Å². The molecule has 0 saturated carbocycles. The van der Waals surface area contributed by atoms with E-state index >= 15 is 0 Å². The van der Waals surface area contributed by atoms with Crippen LogP contribution >= 0.6 is 22.6 Å². The lowest BCUT2D eigenvalue weighted by molar-refractivity contribution is 0.0211. The van der Waals surface area contributed by atoms with Gasteiger partial charge in [-0.2, -0.15) is 0 Å². The van der Waals surface area contributed by atoms with Gasteiger partial charge >= 0.3 is 0 Å². The van der Waals surface area contributed by atoms with Crippen LogP contribution in [0, 0.1) is 10.5 Å². The molecule has 7 heteroatoms. The molecule has 4 aromatic rings. The summed E-state index contributed by atoms with van der Waals surface area (Å²) in [5, 5.41) is 3.36. The van der Waals surface area contributed by atoms with E-state index in [0.717, 1.165) is 43.3 Å². The van der Waals surface area contributed by atoms with E-state index in [-0.39, 0.29) is 13.6 Å². The number of carbonyl (C=O) groups excluding carboxylic acids is 2. The van der Waals surface area contributed by atoms with Gasteiger partial charge in [-0.15, -0.1) is 0 Å². The molecule has 0 spiro atoms. The Morgan fingerprint density at radius 1 is 0.750 bits per heavy atom. The molecule has 186 valence electrons. The van der Waals surface area contributed by atoms with Crippen LogP contribution in [0.5, 0.6) is 11.5 Å². The topological polar surface area (TPSA) is 71.1 Å². The second kappa shape index (κ2) is 11.8. The molecule has 0 aliphatic carbocycles. The fraction of sp³-hybridized carbons (Fsp3) is 0.241. The van der Waals surface area contributed by atoms with Crippen molar-refractivity contribution in [2.75, 3.05) is 26.8 Å². The number of ether oxygens (including phenoxy) is 4. The van der Waals surface area contributed by atoms with Gasteiger partial charge in [-0.1, -0.05) is 30.3 Å². The molecular formula is C29H27IO6. The molecule has 0 radical (unpaired) electrons. The van der Waals surface area contributed by atoms with Crippen LogP contribution < -0.4 is 9.47 Å². The number of rotatable bonds is 11. The van der Waals surface area contributed by atoms with E-state index < -0.39 is 0 Å². The van der Waals surface area contributed by atoms with Gasteiger partial charge in [0.05, 0.1) is 11.1 Å². The Kier molecular flexibility index (Phi) is 8.56. The van der Waals surface area contributed by atoms with Crippen molar-refractivity contribution in [2.45, 2.75) is 20.8 Å². The maximum Gasteiger partial charge on any atom is 0.189 e. The number of hydrogen-bond donors (Lipinski definition) is 0. The van der Waals surface area contributed by atoms with Crippen LogP contribution in [0.3, 0.4) is 0 Å². The summed E-state index contributed by atoms with van der Waals surface area (Å²) in [5.41, 5.74) is 3.05. The summed E-state index contributed by atoms with van der Waals surface area (Å²) >= 11 is 2.22. The summed E-state index contributed by atoms with van der Waals surface area (Å²) in [4.78, 5) is 24.9. The minimum absolute atomic E-state index is 0.0249. The molecule has 0 N–H and O–H groups in total. The minimum Gasteiger partial charge on any atom is -0.466 e. The molecule has 0 saturated heterocycles. The first-order chi connectivity index (χ1) is 17.5. The predicted octanol–water partition coefficient (Wildman–Crippen LogP) is 6.94. The Hall–Kier alpha value is -3.01. The first-order valence-electron chi connectivity index (χ1n) is 11.7. The highest BCUT2D eigenvalue weighted by molar-refractivity contribution is 14.1. The molecule has 0 amide bonds. The lowest BCUT2D eigenvalue weighted by Crippen LogP contribution is -2.09. The number of benzene rings is 4. The maximum absolute atomic E-state index is 12.5. The largest absolute Gasteiger partial charge is 0.466 e. The number of halogens is 1. The highest BCUT2D eigenvalue weighted by atomic mass is 127. The van der Waals surface area contributed by atoms with Gasteiger partial charge in [0.15, 0.2) is 26.2 Å². The fourth-order valence-electron chi connectivity index (χ4n) is 4.39. The van der Waals surface area contributed by atoms with E-state index in [1.807, 2.05) is 69.3 Å². The molecule has 0 atom stereocenters. The van der Waals surface area contributed by atoms with Crippen molar-refractivity contribution in [1.82, 2.24) is 0 Å². The first kappa shape index (κ1) is 26.1. The zero-order chi connectivity index (χ0) is 25.7. The van der Waals surface area contributed by atoms with Crippen molar-refractivity contribution >= 4 is 56.7 Å². The Morgan fingerprint density at radius 2 is 1.25 bits per heavy atom. The quantitative estimate of drug-likeness (QED) is 0.0806. The van der Waals surface area contributed by atoms with Crippen LogP contribution in [0.15, 0.2) is 48.5 Å². The molecule has 0 aliphatic heterocycles. The fourth-order valence-corrected chi connectivity index (χ4v) is 5.20. The zero-order valence-corrected chi connectivity index (χ0v) is 22.6. The molecule has 4 rings (SSSR count). The van der Waals surface area contributed by atoms with Crippen molar-refractivity contribution in [3.8, 4) is 22.6 Å². The molecule has 0 heterocycles. The summed E-state index contributed by atoms with van der Waals surface area (Å²) < 4.78 is 24.0. The van der Waals surface area contributed by atoms with Crippen LogP contribution in [0.4, 0.5) is 0 Å². The highest BCUT2D eigenvalue weighted by Gasteiger charge is 2.24. The van der Waals surface area contributed by atoms with E-state index in [1.54, 1.807) is 0 Å². The average molecular weight is 598 g/mol. The Balaban J connectivity index is 2.11. The van der Waals surface area contributed by atoms with E-state index in [1.165, 1.54) is 0 Å². The van der Waals surface area contributed by atoms with E-state index in [4.69, 9.17) is 18.9 Å². The van der Waals surface area contributed by atoms with E-state index in [9.17, 15) is 9.59 Å². The summed E-state index contributed by atoms with van der Waals surface area (Å²) in [6, 6.07) is 15.6. The minimum atomic E-state index is -0.0262.